The molecule has 2 atom stereocenters. The Morgan fingerprint density at radius 2 is 1.60 bits per heavy atom. The van der Waals surface area contributed by atoms with E-state index in [1.165, 1.54) is 29.5 Å². The smallest absolute Gasteiger partial charge is 0.0406 e. The first-order chi connectivity index (χ1) is 9.29. The first-order valence-corrected chi connectivity index (χ1v) is 7.19. The van der Waals surface area contributed by atoms with E-state index < -0.39 is 0 Å². The Bertz CT molecular complexity index is 565. The van der Waals surface area contributed by atoms with Crippen molar-refractivity contribution in [3.63, 3.8) is 0 Å². The molecule has 0 bridgehead atoms. The Hall–Kier alpha value is -1.02. The summed E-state index contributed by atoms with van der Waals surface area (Å²) < 4.78 is 0. The minimum atomic E-state index is 0. The molecule has 3 rings (SSSR count). The lowest BCUT2D eigenvalue weighted by Gasteiger charge is -2.31. The summed E-state index contributed by atoms with van der Waals surface area (Å²) in [7, 11) is 2.05. The van der Waals surface area contributed by atoms with Crippen LogP contribution in [0.2, 0.25) is 5.02 Å². The van der Waals surface area contributed by atoms with Gasteiger partial charge in [0.15, 0.2) is 0 Å². The normalized spacial score (nSPS) is 20.9. The average Bonchev–Trinajstić information content (AvgIpc) is 2.47. The van der Waals surface area contributed by atoms with Gasteiger partial charge in [0.25, 0.3) is 0 Å². The quantitative estimate of drug-likeness (QED) is 0.828. The fourth-order valence-electron chi connectivity index (χ4n) is 3.13. The zero-order chi connectivity index (χ0) is 13.2. The molecule has 106 valence electrons. The zero-order valence-electron chi connectivity index (χ0n) is 11.5. The van der Waals surface area contributed by atoms with E-state index in [4.69, 9.17) is 11.6 Å². The van der Waals surface area contributed by atoms with Crippen LogP contribution in [0.4, 0.5) is 0 Å². The molecule has 0 unspecified atom stereocenters. The van der Waals surface area contributed by atoms with E-state index in [9.17, 15) is 0 Å². The molecule has 0 saturated carbocycles. The van der Waals surface area contributed by atoms with E-state index >= 15 is 0 Å². The van der Waals surface area contributed by atoms with Gasteiger partial charge in [0, 0.05) is 17.0 Å². The summed E-state index contributed by atoms with van der Waals surface area (Å²) in [6.45, 7) is 0. The van der Waals surface area contributed by atoms with Crippen LogP contribution < -0.4 is 5.32 Å². The highest BCUT2D eigenvalue weighted by Crippen LogP contribution is 2.41. The number of benzene rings is 2. The van der Waals surface area contributed by atoms with Crippen LogP contribution in [0.25, 0.3) is 0 Å². The van der Waals surface area contributed by atoms with Crippen molar-refractivity contribution in [1.82, 2.24) is 5.32 Å². The van der Waals surface area contributed by atoms with Crippen LogP contribution in [0, 0.1) is 0 Å². The average molecular weight is 308 g/mol. The highest BCUT2D eigenvalue weighted by Gasteiger charge is 2.26. The van der Waals surface area contributed by atoms with Crippen LogP contribution in [-0.2, 0) is 0 Å². The Morgan fingerprint density at radius 3 is 2.25 bits per heavy atom. The molecule has 0 aliphatic heterocycles. The summed E-state index contributed by atoms with van der Waals surface area (Å²) in [6, 6.07) is 17.6. The van der Waals surface area contributed by atoms with Gasteiger partial charge < -0.3 is 5.32 Å². The summed E-state index contributed by atoms with van der Waals surface area (Å²) in [5.41, 5.74) is 4.26. The van der Waals surface area contributed by atoms with Crippen molar-refractivity contribution >= 4 is 24.0 Å². The number of hydrogen-bond acceptors (Lipinski definition) is 1. The Morgan fingerprint density at radius 1 is 0.950 bits per heavy atom. The summed E-state index contributed by atoms with van der Waals surface area (Å²) in [4.78, 5) is 0. The number of hydrogen-bond donors (Lipinski definition) is 1. The van der Waals surface area contributed by atoms with Gasteiger partial charge >= 0.3 is 0 Å². The minimum Gasteiger partial charge on any atom is -0.313 e. The second-order valence-corrected chi connectivity index (χ2v) is 5.59. The van der Waals surface area contributed by atoms with Crippen molar-refractivity contribution in [2.24, 2.45) is 0 Å². The van der Waals surface area contributed by atoms with Crippen LogP contribution >= 0.6 is 24.0 Å². The highest BCUT2D eigenvalue weighted by molar-refractivity contribution is 6.30. The molecule has 2 aromatic carbocycles. The number of halogens is 2. The molecule has 1 aliphatic carbocycles. The topological polar surface area (TPSA) is 12.0 Å². The SMILES string of the molecule is CN[C@@H]1CC[C@H](c2ccc(Cl)cc2)c2ccccc21.Cl. The lowest BCUT2D eigenvalue weighted by atomic mass is 9.77. The molecule has 0 spiro atoms. The van der Waals surface area contributed by atoms with Crippen LogP contribution in [-0.4, -0.2) is 7.05 Å². The van der Waals surface area contributed by atoms with Gasteiger partial charge in [-0.1, -0.05) is 48.0 Å². The fourth-order valence-corrected chi connectivity index (χ4v) is 3.26. The van der Waals surface area contributed by atoms with Gasteiger partial charge in [-0.3, -0.25) is 0 Å². The van der Waals surface area contributed by atoms with Crippen molar-refractivity contribution in [1.29, 1.82) is 0 Å². The summed E-state index contributed by atoms with van der Waals surface area (Å²) in [6.07, 6.45) is 2.37. The molecule has 0 amide bonds. The van der Waals surface area contributed by atoms with E-state index in [1.54, 1.807) is 0 Å². The van der Waals surface area contributed by atoms with E-state index in [0.717, 1.165) is 5.02 Å². The fraction of sp³-hybridized carbons (Fsp3) is 0.294. The van der Waals surface area contributed by atoms with Crippen molar-refractivity contribution in [3.8, 4) is 0 Å². The predicted octanol–water partition coefficient (Wildman–Crippen LogP) is 4.95. The Kier molecular flexibility index (Phi) is 5.09. The number of fused-ring (bicyclic) bond motifs is 1. The summed E-state index contributed by atoms with van der Waals surface area (Å²) in [5.74, 6) is 0.498. The van der Waals surface area contributed by atoms with Crippen molar-refractivity contribution < 1.29 is 0 Å². The Labute approximate surface area is 131 Å². The second kappa shape index (κ2) is 6.62. The van der Waals surface area contributed by atoms with Gasteiger partial charge in [0.2, 0.25) is 0 Å². The first-order valence-electron chi connectivity index (χ1n) is 6.81. The van der Waals surface area contributed by atoms with Gasteiger partial charge in [0.1, 0.15) is 0 Å². The van der Waals surface area contributed by atoms with Crippen LogP contribution in [0.1, 0.15) is 41.5 Å². The molecule has 0 radical (unpaired) electrons. The maximum Gasteiger partial charge on any atom is 0.0406 e. The van der Waals surface area contributed by atoms with E-state index in [0.29, 0.717) is 12.0 Å². The maximum atomic E-state index is 5.99. The van der Waals surface area contributed by atoms with E-state index in [2.05, 4.69) is 41.7 Å². The number of nitrogens with one attached hydrogen (secondary N) is 1. The molecular formula is C17H19Cl2N. The molecule has 0 saturated heterocycles. The highest BCUT2D eigenvalue weighted by atomic mass is 35.5. The molecule has 0 fully saturated rings. The lowest BCUT2D eigenvalue weighted by molar-refractivity contribution is 0.471. The molecule has 1 N–H and O–H groups in total. The third kappa shape index (κ3) is 2.85. The van der Waals surface area contributed by atoms with Crippen molar-refractivity contribution in [3.05, 3.63) is 70.2 Å². The number of rotatable bonds is 2. The first kappa shape index (κ1) is 15.4. The molecule has 20 heavy (non-hydrogen) atoms. The summed E-state index contributed by atoms with van der Waals surface area (Å²) in [5, 5.41) is 4.23. The third-order valence-electron chi connectivity index (χ3n) is 4.11. The minimum absolute atomic E-state index is 0. The van der Waals surface area contributed by atoms with Gasteiger partial charge in [0.05, 0.1) is 0 Å². The van der Waals surface area contributed by atoms with Gasteiger partial charge in [-0.15, -0.1) is 12.4 Å². The standard InChI is InChI=1S/C17H18ClN.ClH/c1-19-17-11-10-14(12-6-8-13(18)9-7-12)15-4-2-3-5-16(15)17;/h2-9,14,17,19H,10-11H2,1H3;1H/t14-,17-;/m1./s1. The van der Waals surface area contributed by atoms with Gasteiger partial charge in [-0.25, -0.2) is 0 Å². The third-order valence-corrected chi connectivity index (χ3v) is 4.36. The van der Waals surface area contributed by atoms with Gasteiger partial charge in [-0.2, -0.15) is 0 Å². The molecule has 1 nitrogen and oxygen atoms in total. The molecule has 0 heterocycles. The predicted molar refractivity (Wildman–Crippen MR) is 88.0 cm³/mol. The molecule has 2 aromatic rings. The second-order valence-electron chi connectivity index (χ2n) is 5.15. The van der Waals surface area contributed by atoms with Crippen LogP contribution in [0.5, 0.6) is 0 Å². The van der Waals surface area contributed by atoms with Crippen molar-refractivity contribution in [2.75, 3.05) is 7.05 Å². The monoisotopic (exact) mass is 307 g/mol. The molecule has 1 aliphatic rings. The Balaban J connectivity index is 0.00000147. The largest absolute Gasteiger partial charge is 0.313 e. The van der Waals surface area contributed by atoms with Crippen LogP contribution in [0.3, 0.4) is 0 Å². The molecular weight excluding hydrogens is 289 g/mol. The van der Waals surface area contributed by atoms with Crippen LogP contribution in [0.15, 0.2) is 48.5 Å². The molecule has 3 heteroatoms. The summed E-state index contributed by atoms with van der Waals surface area (Å²) >= 11 is 5.99. The maximum absolute atomic E-state index is 5.99. The molecule has 0 aromatic heterocycles. The van der Waals surface area contributed by atoms with E-state index in [-0.39, 0.29) is 12.4 Å². The van der Waals surface area contributed by atoms with Gasteiger partial charge in [-0.05, 0) is 48.7 Å². The zero-order valence-corrected chi connectivity index (χ0v) is 13.0. The van der Waals surface area contributed by atoms with E-state index in [1.807, 2.05) is 19.2 Å². The van der Waals surface area contributed by atoms with Crippen molar-refractivity contribution in [2.45, 2.75) is 24.8 Å². The lowest BCUT2D eigenvalue weighted by Crippen LogP contribution is -2.24.